The summed E-state index contributed by atoms with van der Waals surface area (Å²) < 4.78 is 0. The summed E-state index contributed by atoms with van der Waals surface area (Å²) in [6.07, 6.45) is 3.62. The van der Waals surface area contributed by atoms with Crippen molar-refractivity contribution in [3.05, 3.63) is 71.9 Å². The maximum atomic E-state index is 14.2. The maximum Gasteiger partial charge on any atom is 0.245 e. The van der Waals surface area contributed by atoms with E-state index in [4.69, 9.17) is 11.1 Å². The fourth-order valence-corrected chi connectivity index (χ4v) is 7.31. The highest BCUT2D eigenvalue weighted by Crippen LogP contribution is 2.21. The van der Waals surface area contributed by atoms with E-state index in [1.807, 2.05) is 54.6 Å². The van der Waals surface area contributed by atoms with Gasteiger partial charge in [0.1, 0.15) is 30.2 Å². The van der Waals surface area contributed by atoms with E-state index < -0.39 is 78.1 Å². The molecule has 0 spiro atoms. The zero-order valence-electron chi connectivity index (χ0n) is 32.5. The van der Waals surface area contributed by atoms with Crippen LogP contribution in [0.25, 0.3) is 10.9 Å². The second kappa shape index (κ2) is 20.6. The molecule has 2 fully saturated rings. The molecule has 0 radical (unpaired) electrons. The molecule has 1 aromatic heterocycles. The van der Waals surface area contributed by atoms with E-state index in [0.717, 1.165) is 22.0 Å². The van der Waals surface area contributed by atoms with E-state index in [-0.39, 0.29) is 57.7 Å². The predicted octanol–water partition coefficient (Wildman–Crippen LogP) is -0.807. The number of rotatable bonds is 11. The molecule has 0 aliphatic carbocycles. The van der Waals surface area contributed by atoms with E-state index in [9.17, 15) is 33.6 Å². The van der Waals surface area contributed by atoms with Gasteiger partial charge in [0, 0.05) is 56.5 Å². The Hall–Kier alpha value is -6.46. The lowest BCUT2D eigenvalue weighted by Gasteiger charge is -2.30. The number of hydrogen-bond donors (Lipinski definition) is 10. The minimum atomic E-state index is -1.13. The SMILES string of the molecule is CC(=O)N[C@@H](Cc1ccccc1)C(=O)N[C@H]1CCCNC(=O)[C@H](CCCNC(=N)N)NC(=O)[C@H](Cc2c[nH]c3ccccc23)NC(=O)CNC(=O)[C@@H]2CCCN2C1=O. The van der Waals surface area contributed by atoms with Gasteiger partial charge < -0.3 is 52.8 Å². The Morgan fingerprint density at radius 3 is 2.43 bits per heavy atom. The van der Waals surface area contributed by atoms with Crippen molar-refractivity contribution in [2.24, 2.45) is 5.73 Å². The Labute approximate surface area is 336 Å². The number of guanidine groups is 1. The van der Waals surface area contributed by atoms with Gasteiger partial charge in [-0.15, -0.1) is 0 Å². The summed E-state index contributed by atoms with van der Waals surface area (Å²) in [5.41, 5.74) is 7.80. The van der Waals surface area contributed by atoms with E-state index in [1.54, 1.807) is 6.20 Å². The molecule has 0 unspecified atom stereocenters. The number of benzene rings is 2. The number of hydrogen-bond acceptors (Lipinski definition) is 8. The summed E-state index contributed by atoms with van der Waals surface area (Å²) in [6, 6.07) is 11.4. The quantitative estimate of drug-likeness (QED) is 0.0660. The molecule has 5 rings (SSSR count). The van der Waals surface area contributed by atoms with Gasteiger partial charge in [-0.05, 0) is 55.7 Å². The number of carbonyl (C=O) groups is 7. The third-order valence-corrected chi connectivity index (χ3v) is 10.2. The minimum absolute atomic E-state index is 0.0646. The van der Waals surface area contributed by atoms with E-state index in [1.165, 1.54) is 11.8 Å². The fourth-order valence-electron chi connectivity index (χ4n) is 7.31. The summed E-state index contributed by atoms with van der Waals surface area (Å²) in [4.78, 5) is 99.2. The number of para-hydroxylation sites is 1. The normalized spacial score (nSPS) is 21.6. The summed E-state index contributed by atoms with van der Waals surface area (Å²) in [6.45, 7) is 1.36. The van der Waals surface area contributed by atoms with Crippen LogP contribution in [0.3, 0.4) is 0 Å². The zero-order chi connectivity index (χ0) is 41.6. The molecule has 3 aromatic rings. The van der Waals surface area contributed by atoms with Crippen molar-refractivity contribution in [3.8, 4) is 0 Å². The highest BCUT2D eigenvalue weighted by molar-refractivity contribution is 5.97. The molecule has 310 valence electrons. The number of H-pyrrole nitrogens is 1. The number of carbonyl (C=O) groups excluding carboxylic acids is 7. The van der Waals surface area contributed by atoms with E-state index >= 15 is 0 Å². The zero-order valence-corrected chi connectivity index (χ0v) is 32.5. The van der Waals surface area contributed by atoms with Crippen molar-refractivity contribution >= 4 is 58.2 Å². The summed E-state index contributed by atoms with van der Waals surface area (Å²) >= 11 is 0. The van der Waals surface area contributed by atoms with Gasteiger partial charge >= 0.3 is 0 Å². The first-order chi connectivity index (χ1) is 27.9. The molecule has 11 N–H and O–H groups in total. The predicted molar refractivity (Wildman–Crippen MR) is 215 cm³/mol. The summed E-state index contributed by atoms with van der Waals surface area (Å²) in [5, 5.41) is 27.4. The minimum Gasteiger partial charge on any atom is -0.370 e. The molecule has 2 aliphatic rings. The Kier molecular flexibility index (Phi) is 15.2. The van der Waals surface area contributed by atoms with Crippen LogP contribution in [0.1, 0.15) is 56.6 Å². The Morgan fingerprint density at radius 2 is 1.67 bits per heavy atom. The molecular weight excluding hydrogens is 747 g/mol. The molecular formula is C40H53N11O7. The van der Waals surface area contributed by atoms with Crippen LogP contribution in [0.2, 0.25) is 0 Å². The largest absolute Gasteiger partial charge is 0.370 e. The van der Waals surface area contributed by atoms with Gasteiger partial charge in [0.15, 0.2) is 5.96 Å². The molecule has 3 heterocycles. The van der Waals surface area contributed by atoms with Crippen LogP contribution in [0.4, 0.5) is 0 Å². The van der Waals surface area contributed by atoms with Crippen molar-refractivity contribution in [1.82, 2.24) is 47.1 Å². The fraction of sp³-hybridized carbons (Fsp3) is 0.450. The number of nitrogens with two attached hydrogens (primary N) is 1. The lowest BCUT2D eigenvalue weighted by Crippen LogP contribution is -2.58. The van der Waals surface area contributed by atoms with Crippen LogP contribution in [-0.4, -0.2) is 114 Å². The maximum absolute atomic E-state index is 14.2. The second-order valence-corrected chi connectivity index (χ2v) is 14.6. The lowest BCUT2D eigenvalue weighted by molar-refractivity contribution is -0.142. The van der Waals surface area contributed by atoms with Gasteiger partial charge in [-0.3, -0.25) is 39.0 Å². The summed E-state index contributed by atoms with van der Waals surface area (Å²) in [7, 11) is 0. The number of amides is 7. The van der Waals surface area contributed by atoms with Gasteiger partial charge in [0.2, 0.25) is 41.4 Å². The van der Waals surface area contributed by atoms with Gasteiger partial charge in [0.25, 0.3) is 0 Å². The highest BCUT2D eigenvalue weighted by Gasteiger charge is 2.39. The Morgan fingerprint density at radius 1 is 0.914 bits per heavy atom. The molecule has 0 bridgehead atoms. The molecule has 58 heavy (non-hydrogen) atoms. The van der Waals surface area contributed by atoms with Gasteiger partial charge in [-0.2, -0.15) is 0 Å². The van der Waals surface area contributed by atoms with Gasteiger partial charge in [-0.1, -0.05) is 48.5 Å². The highest BCUT2D eigenvalue weighted by atomic mass is 16.2. The molecule has 7 amide bonds. The smallest absolute Gasteiger partial charge is 0.245 e. The molecule has 2 aromatic carbocycles. The van der Waals surface area contributed by atoms with Crippen molar-refractivity contribution < 1.29 is 33.6 Å². The van der Waals surface area contributed by atoms with Gasteiger partial charge in [-0.25, -0.2) is 0 Å². The topological polar surface area (TPSA) is 273 Å². The number of nitrogens with one attached hydrogen (secondary N) is 9. The van der Waals surface area contributed by atoms with E-state index in [0.29, 0.717) is 19.3 Å². The number of nitrogens with zero attached hydrogens (tertiary/aromatic N) is 1. The average Bonchev–Trinajstić information content (AvgIpc) is 3.86. The van der Waals surface area contributed by atoms with Crippen LogP contribution in [0.15, 0.2) is 60.8 Å². The first kappa shape index (κ1) is 42.7. The first-order valence-electron chi connectivity index (χ1n) is 19.6. The van der Waals surface area contributed by atoms with Crippen molar-refractivity contribution in [2.45, 2.75) is 88.5 Å². The number of aromatic amines is 1. The standard InChI is InChI=1S/C40H53N11O7/c1-24(52)47-31(20-25-10-3-2-4-11-25)36(55)50-30-15-8-17-43-35(54)29(14-7-18-44-40(41)42)49-37(56)32(21-26-22-45-28-13-6-5-12-27(26)28)48-34(53)23-46-38(57)33-16-9-19-51(33)39(30)58/h2-6,10-13,22,29-33,45H,7-9,14-21,23H2,1H3,(H,43,54)(H,46,57)(H,47,52)(H,48,53)(H,49,56)(H,50,55)(H4,41,42,44)/t29-,30-,31-,32-,33-/m0/s1. The second-order valence-electron chi connectivity index (χ2n) is 14.6. The van der Waals surface area contributed by atoms with Gasteiger partial charge in [0.05, 0.1) is 6.54 Å². The molecule has 2 saturated heterocycles. The first-order valence-corrected chi connectivity index (χ1v) is 19.6. The number of fused-ring (bicyclic) bond motifs is 2. The number of aromatic nitrogens is 1. The molecule has 18 nitrogen and oxygen atoms in total. The lowest BCUT2D eigenvalue weighted by atomic mass is 10.0. The third kappa shape index (κ3) is 12.0. The monoisotopic (exact) mass is 799 g/mol. The molecule has 0 saturated carbocycles. The van der Waals surface area contributed by atoms with Crippen molar-refractivity contribution in [3.63, 3.8) is 0 Å². The van der Waals surface area contributed by atoms with Crippen molar-refractivity contribution in [2.75, 3.05) is 26.2 Å². The average molecular weight is 800 g/mol. The van der Waals surface area contributed by atoms with Crippen molar-refractivity contribution in [1.29, 1.82) is 5.41 Å². The molecule has 2 aliphatic heterocycles. The van der Waals surface area contributed by atoms with Crippen LogP contribution >= 0.6 is 0 Å². The van der Waals surface area contributed by atoms with Crippen LogP contribution in [0.5, 0.6) is 0 Å². The van der Waals surface area contributed by atoms with Crippen LogP contribution in [-0.2, 0) is 46.4 Å². The Balaban J connectivity index is 1.38. The Bertz CT molecular complexity index is 1970. The van der Waals surface area contributed by atoms with Crippen LogP contribution in [0, 0.1) is 5.41 Å². The third-order valence-electron chi connectivity index (χ3n) is 10.2. The summed E-state index contributed by atoms with van der Waals surface area (Å²) in [5.74, 6) is -4.13. The molecule has 18 heteroatoms. The molecule has 5 atom stereocenters. The van der Waals surface area contributed by atoms with E-state index in [2.05, 4.69) is 42.2 Å². The van der Waals surface area contributed by atoms with Crippen LogP contribution < -0.4 is 43.0 Å².